The number of nitrogens with zero attached hydrogens (tertiary/aromatic N) is 2. The summed E-state index contributed by atoms with van der Waals surface area (Å²) < 4.78 is 0. The predicted molar refractivity (Wildman–Crippen MR) is 92.7 cm³/mol. The third-order valence-corrected chi connectivity index (χ3v) is 3.69. The van der Waals surface area contributed by atoms with Crippen molar-refractivity contribution in [2.45, 2.75) is 13.0 Å². The van der Waals surface area contributed by atoms with Crippen LogP contribution in [0, 0.1) is 0 Å². The summed E-state index contributed by atoms with van der Waals surface area (Å²) in [6.45, 7) is 0.275. The van der Waals surface area contributed by atoms with Gasteiger partial charge in [-0.25, -0.2) is 4.98 Å². The van der Waals surface area contributed by atoms with E-state index in [0.29, 0.717) is 34.3 Å². The highest BCUT2D eigenvalue weighted by atomic mass is 35.5. The van der Waals surface area contributed by atoms with E-state index in [9.17, 15) is 4.79 Å². The van der Waals surface area contributed by atoms with Crippen molar-refractivity contribution in [3.63, 3.8) is 0 Å². The summed E-state index contributed by atoms with van der Waals surface area (Å²) in [7, 11) is 0. The number of nitrogens with two attached hydrogens (primary N) is 1. The van der Waals surface area contributed by atoms with Crippen LogP contribution in [0.25, 0.3) is 0 Å². The van der Waals surface area contributed by atoms with Gasteiger partial charge in [0.15, 0.2) is 5.82 Å². The van der Waals surface area contributed by atoms with E-state index in [1.54, 1.807) is 24.3 Å². The number of aromatic amines is 1. The van der Waals surface area contributed by atoms with E-state index >= 15 is 0 Å². The maximum absolute atomic E-state index is 12.0. The van der Waals surface area contributed by atoms with Crippen LogP contribution in [0.2, 0.25) is 5.02 Å². The summed E-state index contributed by atoms with van der Waals surface area (Å²) >= 11 is 5.86. The second-order valence-corrected chi connectivity index (χ2v) is 5.74. The van der Waals surface area contributed by atoms with Crippen molar-refractivity contribution in [1.82, 2.24) is 20.5 Å². The molecular weight excluding hydrogens is 326 g/mol. The first-order valence-corrected chi connectivity index (χ1v) is 7.76. The smallest absolute Gasteiger partial charge is 0.251 e. The first kappa shape index (κ1) is 16.0. The van der Waals surface area contributed by atoms with Crippen LogP contribution in [0.3, 0.4) is 0 Å². The number of aromatic nitrogens is 3. The minimum atomic E-state index is -0.189. The zero-order valence-electron chi connectivity index (χ0n) is 12.8. The molecule has 1 heterocycles. The zero-order chi connectivity index (χ0) is 16.9. The Kier molecular flexibility index (Phi) is 4.77. The summed E-state index contributed by atoms with van der Waals surface area (Å²) in [5.74, 6) is 1.07. The molecule has 0 aliphatic carbocycles. The topological polar surface area (TPSA) is 96.7 Å². The van der Waals surface area contributed by atoms with Crippen molar-refractivity contribution in [2.24, 2.45) is 0 Å². The molecule has 4 N–H and O–H groups in total. The molecule has 122 valence electrons. The molecule has 3 aromatic rings. The Labute approximate surface area is 144 Å². The molecule has 0 saturated heterocycles. The van der Waals surface area contributed by atoms with Crippen LogP contribution >= 0.6 is 11.6 Å². The number of H-pyrrole nitrogens is 1. The molecule has 6 nitrogen and oxygen atoms in total. The minimum Gasteiger partial charge on any atom is -0.399 e. The predicted octanol–water partition coefficient (Wildman–Crippen LogP) is 2.56. The lowest BCUT2D eigenvalue weighted by Crippen LogP contribution is -2.23. The lowest BCUT2D eigenvalue weighted by molar-refractivity contribution is 0.0950. The zero-order valence-corrected chi connectivity index (χ0v) is 13.5. The van der Waals surface area contributed by atoms with Gasteiger partial charge in [0.05, 0.1) is 6.54 Å². The molecule has 0 bridgehead atoms. The highest BCUT2D eigenvalue weighted by Gasteiger charge is 2.08. The van der Waals surface area contributed by atoms with E-state index in [4.69, 9.17) is 17.3 Å². The number of carbonyl (C=O) groups excluding carboxylic acids is 1. The SMILES string of the molecule is Nc1ccc(C(=O)NCc2nc(Cc3ccc(Cl)cc3)n[nH]2)cc1. The lowest BCUT2D eigenvalue weighted by Gasteiger charge is -2.03. The van der Waals surface area contributed by atoms with E-state index in [0.717, 1.165) is 5.56 Å². The molecular formula is C17H16ClN5O. The summed E-state index contributed by atoms with van der Waals surface area (Å²) in [4.78, 5) is 16.4. The number of hydrogen-bond acceptors (Lipinski definition) is 4. The molecule has 0 radical (unpaired) electrons. The summed E-state index contributed by atoms with van der Waals surface area (Å²) in [6, 6.07) is 14.3. The number of nitrogens with one attached hydrogen (secondary N) is 2. The molecule has 0 saturated carbocycles. The van der Waals surface area contributed by atoms with E-state index in [1.807, 2.05) is 24.3 Å². The average molecular weight is 342 g/mol. The number of anilines is 1. The summed E-state index contributed by atoms with van der Waals surface area (Å²) in [5, 5.41) is 10.5. The number of amides is 1. The van der Waals surface area contributed by atoms with Crippen LogP contribution in [0.1, 0.15) is 27.6 Å². The number of halogens is 1. The van der Waals surface area contributed by atoms with E-state index in [2.05, 4.69) is 20.5 Å². The first-order chi connectivity index (χ1) is 11.6. The number of hydrogen-bond donors (Lipinski definition) is 3. The van der Waals surface area contributed by atoms with Gasteiger partial charge in [0, 0.05) is 22.7 Å². The normalized spacial score (nSPS) is 10.5. The van der Waals surface area contributed by atoms with Crippen molar-refractivity contribution < 1.29 is 4.79 Å². The third kappa shape index (κ3) is 4.11. The Bertz CT molecular complexity index is 827. The van der Waals surface area contributed by atoms with Crippen molar-refractivity contribution in [1.29, 1.82) is 0 Å². The van der Waals surface area contributed by atoms with Gasteiger partial charge in [0.25, 0.3) is 5.91 Å². The Morgan fingerprint density at radius 1 is 1.12 bits per heavy atom. The van der Waals surface area contributed by atoms with Crippen LogP contribution in [-0.4, -0.2) is 21.1 Å². The number of benzene rings is 2. The molecule has 0 unspecified atom stereocenters. The Morgan fingerprint density at radius 2 is 1.83 bits per heavy atom. The third-order valence-electron chi connectivity index (χ3n) is 3.44. The molecule has 24 heavy (non-hydrogen) atoms. The van der Waals surface area contributed by atoms with Crippen LogP contribution < -0.4 is 11.1 Å². The fourth-order valence-corrected chi connectivity index (χ4v) is 2.30. The number of carbonyl (C=O) groups is 1. The molecule has 0 spiro atoms. The van der Waals surface area contributed by atoms with Crippen molar-refractivity contribution in [2.75, 3.05) is 5.73 Å². The maximum Gasteiger partial charge on any atom is 0.251 e. The van der Waals surface area contributed by atoms with E-state index in [-0.39, 0.29) is 12.5 Å². The second kappa shape index (κ2) is 7.14. The molecule has 1 amide bonds. The Morgan fingerprint density at radius 3 is 2.54 bits per heavy atom. The van der Waals surface area contributed by atoms with Crippen molar-refractivity contribution in [3.8, 4) is 0 Å². The quantitative estimate of drug-likeness (QED) is 0.621. The average Bonchev–Trinajstić information content (AvgIpc) is 3.03. The molecule has 3 rings (SSSR count). The van der Waals surface area contributed by atoms with Gasteiger partial charge in [-0.2, -0.15) is 5.10 Å². The summed E-state index contributed by atoms with van der Waals surface area (Å²) in [5.41, 5.74) is 7.83. The van der Waals surface area contributed by atoms with Gasteiger partial charge in [-0.05, 0) is 42.0 Å². The molecule has 0 fully saturated rings. The molecule has 0 atom stereocenters. The summed E-state index contributed by atoms with van der Waals surface area (Å²) in [6.07, 6.45) is 0.597. The maximum atomic E-state index is 12.0. The molecule has 7 heteroatoms. The lowest BCUT2D eigenvalue weighted by atomic mass is 10.1. The van der Waals surface area contributed by atoms with Crippen LogP contribution in [0.15, 0.2) is 48.5 Å². The number of nitrogen functional groups attached to an aromatic ring is 1. The molecule has 1 aromatic heterocycles. The van der Waals surface area contributed by atoms with Gasteiger partial charge in [-0.15, -0.1) is 0 Å². The second-order valence-electron chi connectivity index (χ2n) is 5.31. The van der Waals surface area contributed by atoms with Crippen LogP contribution in [-0.2, 0) is 13.0 Å². The number of rotatable bonds is 5. The highest BCUT2D eigenvalue weighted by molar-refractivity contribution is 6.30. The van der Waals surface area contributed by atoms with Gasteiger partial charge in [0.1, 0.15) is 5.82 Å². The van der Waals surface area contributed by atoms with E-state index < -0.39 is 0 Å². The highest BCUT2D eigenvalue weighted by Crippen LogP contribution is 2.12. The minimum absolute atomic E-state index is 0.189. The van der Waals surface area contributed by atoms with Crippen LogP contribution in [0.5, 0.6) is 0 Å². The van der Waals surface area contributed by atoms with Crippen molar-refractivity contribution >= 4 is 23.2 Å². The molecule has 0 aliphatic heterocycles. The standard InChI is InChI=1S/C17H16ClN5O/c18-13-5-1-11(2-6-13)9-15-21-16(23-22-15)10-20-17(24)12-3-7-14(19)8-4-12/h1-8H,9-10,19H2,(H,20,24)(H,21,22,23). The fourth-order valence-electron chi connectivity index (χ4n) is 2.18. The monoisotopic (exact) mass is 341 g/mol. The first-order valence-electron chi connectivity index (χ1n) is 7.38. The van der Waals surface area contributed by atoms with Gasteiger partial charge in [0.2, 0.25) is 0 Å². The fraction of sp³-hybridized carbons (Fsp3) is 0.118. The van der Waals surface area contributed by atoms with Crippen LogP contribution in [0.4, 0.5) is 5.69 Å². The largest absolute Gasteiger partial charge is 0.399 e. The van der Waals surface area contributed by atoms with Gasteiger partial charge >= 0.3 is 0 Å². The molecule has 0 aliphatic rings. The Balaban J connectivity index is 1.56. The molecule has 2 aromatic carbocycles. The van der Waals surface area contributed by atoms with Gasteiger partial charge in [-0.1, -0.05) is 23.7 Å². The van der Waals surface area contributed by atoms with Gasteiger partial charge in [-0.3, -0.25) is 9.89 Å². The van der Waals surface area contributed by atoms with E-state index in [1.165, 1.54) is 0 Å². The van der Waals surface area contributed by atoms with Crippen molar-refractivity contribution in [3.05, 3.63) is 76.3 Å². The Hall–Kier alpha value is -2.86. The van der Waals surface area contributed by atoms with Gasteiger partial charge < -0.3 is 11.1 Å².